The molecule has 0 aromatic carbocycles. The van der Waals surface area contributed by atoms with Gasteiger partial charge in [-0.1, -0.05) is 20.8 Å². The van der Waals surface area contributed by atoms with Crippen molar-refractivity contribution in [2.45, 2.75) is 59.4 Å². The summed E-state index contributed by atoms with van der Waals surface area (Å²) in [6.07, 6.45) is 0.300. The highest BCUT2D eigenvalue weighted by atomic mass is 16.6. The molecule has 1 heterocycles. The van der Waals surface area contributed by atoms with E-state index in [0.717, 1.165) is 6.42 Å². The SMILES string of the molecule is CC[C@@H](C)[C@@H](OC(C)=O)C1OC(C(=O)OC)=C[C@H](OC(C)=O)[C@H]1C. The van der Waals surface area contributed by atoms with Crippen molar-refractivity contribution in [3.63, 3.8) is 0 Å². The minimum absolute atomic E-state index is 0.00340. The molecular weight excluding hydrogens is 316 g/mol. The molecule has 0 saturated heterocycles. The first-order chi connectivity index (χ1) is 11.2. The number of hydrogen-bond acceptors (Lipinski definition) is 7. The van der Waals surface area contributed by atoms with Gasteiger partial charge < -0.3 is 18.9 Å². The average Bonchev–Trinajstić information content (AvgIpc) is 2.52. The zero-order valence-electron chi connectivity index (χ0n) is 15.0. The second kappa shape index (κ2) is 8.70. The van der Waals surface area contributed by atoms with Crippen LogP contribution in [0.5, 0.6) is 0 Å². The van der Waals surface area contributed by atoms with Crippen LogP contribution < -0.4 is 0 Å². The van der Waals surface area contributed by atoms with E-state index in [-0.39, 0.29) is 17.6 Å². The first-order valence-electron chi connectivity index (χ1n) is 8.02. The molecule has 136 valence electrons. The highest BCUT2D eigenvalue weighted by Crippen LogP contribution is 2.33. The van der Waals surface area contributed by atoms with Gasteiger partial charge in [-0.2, -0.15) is 0 Å². The Kier molecular flexibility index (Phi) is 7.25. The Hall–Kier alpha value is -2.05. The lowest BCUT2D eigenvalue weighted by Crippen LogP contribution is -2.48. The molecule has 0 N–H and O–H groups in total. The van der Waals surface area contributed by atoms with Crippen LogP contribution in [0, 0.1) is 11.8 Å². The van der Waals surface area contributed by atoms with Crippen molar-refractivity contribution in [3.05, 3.63) is 11.8 Å². The number of methoxy groups -OCH3 is 1. The van der Waals surface area contributed by atoms with E-state index >= 15 is 0 Å². The molecule has 1 aliphatic rings. The molecule has 1 aliphatic heterocycles. The summed E-state index contributed by atoms with van der Waals surface area (Å²) in [7, 11) is 1.23. The van der Waals surface area contributed by atoms with Crippen LogP contribution in [0.4, 0.5) is 0 Å². The van der Waals surface area contributed by atoms with Crippen LogP contribution in [-0.2, 0) is 33.3 Å². The second-order valence-electron chi connectivity index (χ2n) is 6.00. The molecular formula is C17H26O7. The van der Waals surface area contributed by atoms with Crippen LogP contribution >= 0.6 is 0 Å². The molecule has 5 atom stereocenters. The van der Waals surface area contributed by atoms with E-state index in [9.17, 15) is 14.4 Å². The summed E-state index contributed by atoms with van der Waals surface area (Å²) in [5.41, 5.74) is 0. The van der Waals surface area contributed by atoms with Crippen LogP contribution in [0.2, 0.25) is 0 Å². The predicted octanol–water partition coefficient (Wildman–Crippen LogP) is 1.99. The van der Waals surface area contributed by atoms with Crippen molar-refractivity contribution in [3.8, 4) is 0 Å². The number of esters is 3. The molecule has 0 bridgehead atoms. The molecule has 0 radical (unpaired) electrons. The summed E-state index contributed by atoms with van der Waals surface area (Å²) in [5, 5.41) is 0. The molecule has 0 aliphatic carbocycles. The van der Waals surface area contributed by atoms with Crippen molar-refractivity contribution in [2.75, 3.05) is 7.11 Å². The van der Waals surface area contributed by atoms with Gasteiger partial charge in [0.1, 0.15) is 18.3 Å². The van der Waals surface area contributed by atoms with Crippen LogP contribution in [0.3, 0.4) is 0 Å². The van der Waals surface area contributed by atoms with Gasteiger partial charge in [0.15, 0.2) is 0 Å². The summed E-state index contributed by atoms with van der Waals surface area (Å²) in [6, 6.07) is 0. The summed E-state index contributed by atoms with van der Waals surface area (Å²) < 4.78 is 21.2. The maximum atomic E-state index is 11.9. The molecule has 7 nitrogen and oxygen atoms in total. The Balaban J connectivity index is 3.19. The first kappa shape index (κ1) is 20.0. The van der Waals surface area contributed by atoms with Crippen molar-refractivity contribution in [1.82, 2.24) is 0 Å². The molecule has 0 spiro atoms. The standard InChI is InChI=1S/C17H26O7/c1-7-9(2)15(23-12(5)19)16-10(3)13(22-11(4)18)8-14(24-16)17(20)21-6/h8-10,13,15-16H,7H2,1-6H3/t9-,10-,13+,15-,16?/m1/s1. The van der Waals surface area contributed by atoms with Crippen LogP contribution in [-0.4, -0.2) is 43.3 Å². The van der Waals surface area contributed by atoms with Crippen LogP contribution in [0.1, 0.15) is 41.0 Å². The predicted molar refractivity (Wildman–Crippen MR) is 84.7 cm³/mol. The lowest BCUT2D eigenvalue weighted by Gasteiger charge is -2.39. The molecule has 0 saturated carbocycles. The average molecular weight is 342 g/mol. The summed E-state index contributed by atoms with van der Waals surface area (Å²) in [4.78, 5) is 34.7. The van der Waals surface area contributed by atoms with Crippen LogP contribution in [0.15, 0.2) is 11.8 Å². The van der Waals surface area contributed by atoms with Crippen molar-refractivity contribution < 1.29 is 33.3 Å². The van der Waals surface area contributed by atoms with Gasteiger partial charge in [0.2, 0.25) is 5.76 Å². The zero-order valence-corrected chi connectivity index (χ0v) is 15.0. The quantitative estimate of drug-likeness (QED) is 0.539. The van der Waals surface area contributed by atoms with Crippen molar-refractivity contribution >= 4 is 17.9 Å². The van der Waals surface area contributed by atoms with Gasteiger partial charge in [0.05, 0.1) is 7.11 Å². The van der Waals surface area contributed by atoms with Gasteiger partial charge in [-0.25, -0.2) is 4.79 Å². The van der Waals surface area contributed by atoms with E-state index in [1.165, 1.54) is 27.0 Å². The van der Waals surface area contributed by atoms with Gasteiger partial charge >= 0.3 is 17.9 Å². The molecule has 0 aromatic heterocycles. The molecule has 0 aromatic rings. The third kappa shape index (κ3) is 4.97. The summed E-state index contributed by atoms with van der Waals surface area (Å²) in [5.74, 6) is -1.94. The Morgan fingerprint density at radius 3 is 2.33 bits per heavy atom. The number of hydrogen-bond donors (Lipinski definition) is 0. The third-order valence-corrected chi connectivity index (χ3v) is 4.13. The number of carbonyl (C=O) groups is 3. The first-order valence-corrected chi connectivity index (χ1v) is 8.02. The Morgan fingerprint density at radius 2 is 1.88 bits per heavy atom. The molecule has 0 fully saturated rings. The van der Waals surface area contributed by atoms with E-state index in [0.29, 0.717) is 0 Å². The topological polar surface area (TPSA) is 88.1 Å². The minimum atomic E-state index is -0.672. The summed E-state index contributed by atoms with van der Waals surface area (Å²) >= 11 is 0. The molecule has 24 heavy (non-hydrogen) atoms. The van der Waals surface area contributed by atoms with E-state index in [2.05, 4.69) is 0 Å². The third-order valence-electron chi connectivity index (χ3n) is 4.13. The molecule has 1 rings (SSSR count). The smallest absolute Gasteiger partial charge is 0.373 e. The van der Waals surface area contributed by atoms with E-state index in [4.69, 9.17) is 18.9 Å². The van der Waals surface area contributed by atoms with E-state index < -0.39 is 36.2 Å². The Morgan fingerprint density at radius 1 is 1.25 bits per heavy atom. The minimum Gasteiger partial charge on any atom is -0.479 e. The summed E-state index contributed by atoms with van der Waals surface area (Å²) in [6.45, 7) is 8.34. The second-order valence-corrected chi connectivity index (χ2v) is 6.00. The maximum absolute atomic E-state index is 11.9. The lowest BCUT2D eigenvalue weighted by molar-refractivity contribution is -0.174. The van der Waals surface area contributed by atoms with E-state index in [1.807, 2.05) is 20.8 Å². The lowest BCUT2D eigenvalue weighted by atomic mass is 9.85. The Labute approximate surface area is 142 Å². The number of rotatable bonds is 6. The monoisotopic (exact) mass is 342 g/mol. The van der Waals surface area contributed by atoms with Gasteiger partial charge in [0, 0.05) is 25.8 Å². The fourth-order valence-corrected chi connectivity index (χ4v) is 2.63. The molecule has 1 unspecified atom stereocenters. The largest absolute Gasteiger partial charge is 0.479 e. The van der Waals surface area contributed by atoms with Gasteiger partial charge in [-0.15, -0.1) is 0 Å². The van der Waals surface area contributed by atoms with Crippen molar-refractivity contribution in [1.29, 1.82) is 0 Å². The molecule has 7 heteroatoms. The Bertz CT molecular complexity index is 511. The zero-order chi connectivity index (χ0) is 18.4. The maximum Gasteiger partial charge on any atom is 0.373 e. The molecule has 0 amide bonds. The normalized spacial score (nSPS) is 25.6. The highest BCUT2D eigenvalue weighted by molar-refractivity contribution is 5.86. The number of ether oxygens (including phenoxy) is 4. The number of carbonyl (C=O) groups excluding carboxylic acids is 3. The fraction of sp³-hybridized carbons (Fsp3) is 0.706. The fourth-order valence-electron chi connectivity index (χ4n) is 2.63. The van der Waals surface area contributed by atoms with Gasteiger partial charge in [0.25, 0.3) is 0 Å². The highest BCUT2D eigenvalue weighted by Gasteiger charge is 2.43. The van der Waals surface area contributed by atoms with Crippen molar-refractivity contribution in [2.24, 2.45) is 11.8 Å². The van der Waals surface area contributed by atoms with E-state index in [1.54, 1.807) is 0 Å². The van der Waals surface area contributed by atoms with Gasteiger partial charge in [-0.3, -0.25) is 9.59 Å². The van der Waals surface area contributed by atoms with Crippen LogP contribution in [0.25, 0.3) is 0 Å². The van der Waals surface area contributed by atoms with Gasteiger partial charge in [-0.05, 0) is 12.3 Å².